The van der Waals surface area contributed by atoms with Gasteiger partial charge in [-0.2, -0.15) is 5.26 Å². The molecule has 0 aliphatic carbocycles. The number of carbonyl (C=O) groups is 1. The van der Waals surface area contributed by atoms with Gasteiger partial charge in [-0.05, 0) is 24.7 Å². The van der Waals surface area contributed by atoms with Gasteiger partial charge in [-0.3, -0.25) is 4.90 Å². The van der Waals surface area contributed by atoms with Crippen LogP contribution < -0.4 is 0 Å². The quantitative estimate of drug-likeness (QED) is 0.781. The Labute approximate surface area is 100 Å². The van der Waals surface area contributed by atoms with Crippen molar-refractivity contribution in [1.29, 1.82) is 5.26 Å². The molecule has 0 unspecified atom stereocenters. The summed E-state index contributed by atoms with van der Waals surface area (Å²) in [7, 11) is 1.81. The van der Waals surface area contributed by atoms with Crippen LogP contribution in [0.2, 0.25) is 0 Å². The minimum Gasteiger partial charge on any atom is -0.478 e. The lowest BCUT2D eigenvalue weighted by Crippen LogP contribution is -2.23. The van der Waals surface area contributed by atoms with Gasteiger partial charge in [0.1, 0.15) is 0 Å². The van der Waals surface area contributed by atoms with Crippen molar-refractivity contribution >= 4 is 5.97 Å². The van der Waals surface area contributed by atoms with E-state index in [4.69, 9.17) is 10.4 Å². The molecule has 0 aliphatic heterocycles. The monoisotopic (exact) mass is 230 g/mol. The van der Waals surface area contributed by atoms with Gasteiger partial charge in [-0.1, -0.05) is 18.7 Å². The molecule has 0 aliphatic rings. The second-order valence-corrected chi connectivity index (χ2v) is 3.89. The van der Waals surface area contributed by atoms with Crippen molar-refractivity contribution in [3.05, 3.63) is 47.5 Å². The zero-order chi connectivity index (χ0) is 12.8. The first-order valence-electron chi connectivity index (χ1n) is 5.11. The Hall–Kier alpha value is -2.12. The molecule has 0 saturated carbocycles. The maximum atomic E-state index is 10.6. The van der Waals surface area contributed by atoms with Gasteiger partial charge in [0.05, 0.1) is 11.6 Å². The highest BCUT2D eigenvalue weighted by Crippen LogP contribution is 2.07. The fourth-order valence-corrected chi connectivity index (χ4v) is 1.50. The number of likely N-dealkylation sites (N-methyl/N-ethyl adjacent to an activating group) is 1. The van der Waals surface area contributed by atoms with Gasteiger partial charge in [0.25, 0.3) is 0 Å². The van der Waals surface area contributed by atoms with Crippen molar-refractivity contribution in [3.63, 3.8) is 0 Å². The van der Waals surface area contributed by atoms with Crippen LogP contribution in [0.5, 0.6) is 0 Å². The van der Waals surface area contributed by atoms with Crippen LogP contribution in [0.4, 0.5) is 0 Å². The van der Waals surface area contributed by atoms with Gasteiger partial charge >= 0.3 is 5.97 Å². The number of hydrogen-bond donors (Lipinski definition) is 1. The Morgan fingerprint density at radius 3 is 2.88 bits per heavy atom. The van der Waals surface area contributed by atoms with Gasteiger partial charge in [0, 0.05) is 18.7 Å². The molecule has 0 spiro atoms. The lowest BCUT2D eigenvalue weighted by molar-refractivity contribution is -0.132. The highest BCUT2D eigenvalue weighted by Gasteiger charge is 2.08. The molecule has 0 amide bonds. The molecule has 0 saturated heterocycles. The number of nitriles is 1. The number of rotatable bonds is 5. The van der Waals surface area contributed by atoms with Crippen molar-refractivity contribution < 1.29 is 9.90 Å². The van der Waals surface area contributed by atoms with Crippen molar-refractivity contribution in [2.45, 2.75) is 6.54 Å². The molecule has 4 nitrogen and oxygen atoms in total. The Kier molecular flexibility index (Phi) is 4.44. The van der Waals surface area contributed by atoms with E-state index in [1.807, 2.05) is 24.1 Å². The van der Waals surface area contributed by atoms with E-state index in [0.29, 0.717) is 18.7 Å². The predicted molar refractivity (Wildman–Crippen MR) is 64.3 cm³/mol. The number of benzene rings is 1. The summed E-state index contributed by atoms with van der Waals surface area (Å²) < 4.78 is 0. The summed E-state index contributed by atoms with van der Waals surface area (Å²) in [6, 6.07) is 9.31. The maximum Gasteiger partial charge on any atom is 0.332 e. The van der Waals surface area contributed by atoms with Crippen molar-refractivity contribution in [1.82, 2.24) is 4.90 Å². The summed E-state index contributed by atoms with van der Waals surface area (Å²) in [5.74, 6) is -0.984. The fourth-order valence-electron chi connectivity index (χ4n) is 1.50. The first-order valence-corrected chi connectivity index (χ1v) is 5.11. The number of carboxylic acids is 1. The predicted octanol–water partition coefficient (Wildman–Crippen LogP) is 1.63. The summed E-state index contributed by atoms with van der Waals surface area (Å²) in [5, 5.41) is 17.5. The van der Waals surface area contributed by atoms with Crippen molar-refractivity contribution in [2.24, 2.45) is 0 Å². The second-order valence-electron chi connectivity index (χ2n) is 3.89. The van der Waals surface area contributed by atoms with E-state index in [-0.39, 0.29) is 5.57 Å². The average molecular weight is 230 g/mol. The first kappa shape index (κ1) is 12.9. The van der Waals surface area contributed by atoms with E-state index in [1.165, 1.54) is 0 Å². The van der Waals surface area contributed by atoms with Gasteiger partial charge < -0.3 is 5.11 Å². The van der Waals surface area contributed by atoms with Crippen molar-refractivity contribution in [3.8, 4) is 6.07 Å². The number of hydrogen-bond acceptors (Lipinski definition) is 3. The SMILES string of the molecule is C=C(CN(C)Cc1cccc(C#N)c1)C(=O)O. The summed E-state index contributed by atoms with van der Waals surface area (Å²) >= 11 is 0. The zero-order valence-corrected chi connectivity index (χ0v) is 9.68. The molecule has 0 heterocycles. The van der Waals surface area contributed by atoms with E-state index >= 15 is 0 Å². The molecule has 0 aromatic heterocycles. The van der Waals surface area contributed by atoms with Crippen LogP contribution >= 0.6 is 0 Å². The summed E-state index contributed by atoms with van der Waals surface area (Å²) in [6.45, 7) is 4.36. The van der Waals surface area contributed by atoms with Crippen LogP contribution in [-0.4, -0.2) is 29.6 Å². The molecular formula is C13H14N2O2. The van der Waals surface area contributed by atoms with E-state index < -0.39 is 5.97 Å². The van der Waals surface area contributed by atoms with Gasteiger partial charge in [-0.15, -0.1) is 0 Å². The van der Waals surface area contributed by atoms with Crippen LogP contribution in [0, 0.1) is 11.3 Å². The number of nitrogens with zero attached hydrogens (tertiary/aromatic N) is 2. The summed E-state index contributed by atoms with van der Waals surface area (Å²) in [6.07, 6.45) is 0. The molecule has 0 fully saturated rings. The van der Waals surface area contributed by atoms with Crippen LogP contribution in [0.3, 0.4) is 0 Å². The van der Waals surface area contributed by atoms with Gasteiger partial charge in [-0.25, -0.2) is 4.79 Å². The van der Waals surface area contributed by atoms with Crippen molar-refractivity contribution in [2.75, 3.05) is 13.6 Å². The standard InChI is InChI=1S/C13H14N2O2/c1-10(13(16)17)8-15(2)9-12-5-3-4-11(6-12)7-14/h3-6H,1,8-9H2,2H3,(H,16,17). The lowest BCUT2D eigenvalue weighted by atomic mass is 10.1. The molecule has 88 valence electrons. The van der Waals surface area contributed by atoms with Crippen LogP contribution in [0.15, 0.2) is 36.4 Å². The zero-order valence-electron chi connectivity index (χ0n) is 9.68. The van der Waals surface area contributed by atoms with Gasteiger partial charge in [0.2, 0.25) is 0 Å². The molecule has 17 heavy (non-hydrogen) atoms. The second kappa shape index (κ2) is 5.83. The third-order valence-corrected chi connectivity index (χ3v) is 2.27. The molecule has 0 radical (unpaired) electrons. The maximum absolute atomic E-state index is 10.6. The van der Waals surface area contributed by atoms with E-state index in [9.17, 15) is 4.79 Å². The largest absolute Gasteiger partial charge is 0.478 e. The molecule has 0 atom stereocenters. The molecule has 1 N–H and O–H groups in total. The first-order chi connectivity index (χ1) is 8.02. The van der Waals surface area contributed by atoms with E-state index in [2.05, 4.69) is 12.6 Å². The Balaban J connectivity index is 2.62. The number of carboxylic acid groups (broad SMARTS) is 1. The Morgan fingerprint density at radius 2 is 2.29 bits per heavy atom. The van der Waals surface area contributed by atoms with Crippen LogP contribution in [0.1, 0.15) is 11.1 Å². The highest BCUT2D eigenvalue weighted by molar-refractivity contribution is 5.86. The normalized spacial score (nSPS) is 9.94. The molecule has 1 rings (SSSR count). The summed E-state index contributed by atoms with van der Waals surface area (Å²) in [4.78, 5) is 12.5. The molecule has 1 aromatic carbocycles. The fraction of sp³-hybridized carbons (Fsp3) is 0.231. The van der Waals surface area contributed by atoms with Crippen LogP contribution in [-0.2, 0) is 11.3 Å². The summed E-state index contributed by atoms with van der Waals surface area (Å²) in [5.41, 5.74) is 1.74. The molecule has 1 aromatic rings. The topological polar surface area (TPSA) is 64.3 Å². The van der Waals surface area contributed by atoms with Gasteiger partial charge in [0.15, 0.2) is 0 Å². The Bertz CT molecular complexity index is 475. The average Bonchev–Trinajstić information content (AvgIpc) is 2.28. The lowest BCUT2D eigenvalue weighted by Gasteiger charge is -2.16. The minimum absolute atomic E-state index is 0.156. The third-order valence-electron chi connectivity index (χ3n) is 2.27. The number of aliphatic carboxylic acids is 1. The molecule has 4 heteroatoms. The molecular weight excluding hydrogens is 216 g/mol. The highest BCUT2D eigenvalue weighted by atomic mass is 16.4. The third kappa shape index (κ3) is 4.09. The van der Waals surface area contributed by atoms with E-state index in [1.54, 1.807) is 12.1 Å². The van der Waals surface area contributed by atoms with E-state index in [0.717, 1.165) is 5.56 Å². The molecule has 0 bridgehead atoms. The van der Waals surface area contributed by atoms with Crippen LogP contribution in [0.25, 0.3) is 0 Å². The smallest absolute Gasteiger partial charge is 0.332 e. The minimum atomic E-state index is -0.984. The Morgan fingerprint density at radius 1 is 1.59 bits per heavy atom.